The lowest BCUT2D eigenvalue weighted by molar-refractivity contribution is 0.0571. The van der Waals surface area contributed by atoms with Crippen LogP contribution in [0.15, 0.2) is 4.52 Å². The highest BCUT2D eigenvalue weighted by molar-refractivity contribution is 7.09. The Kier molecular flexibility index (Phi) is 5.22. The predicted octanol–water partition coefficient (Wildman–Crippen LogP) is 3.19. The lowest BCUT2D eigenvalue weighted by Gasteiger charge is -2.28. The van der Waals surface area contributed by atoms with E-state index in [2.05, 4.69) is 45.6 Å². The van der Waals surface area contributed by atoms with Gasteiger partial charge >= 0.3 is 0 Å². The van der Waals surface area contributed by atoms with Gasteiger partial charge in [-0.2, -0.15) is 9.36 Å². The van der Waals surface area contributed by atoms with E-state index in [4.69, 9.17) is 9.26 Å². The van der Waals surface area contributed by atoms with Gasteiger partial charge in [-0.25, -0.2) is 4.98 Å². The Labute approximate surface area is 140 Å². The molecule has 8 heteroatoms. The summed E-state index contributed by atoms with van der Waals surface area (Å²) in [7, 11) is 0. The summed E-state index contributed by atoms with van der Waals surface area (Å²) in [5.41, 5.74) is 0. The van der Waals surface area contributed by atoms with Crippen LogP contribution in [0.5, 0.6) is 0 Å². The summed E-state index contributed by atoms with van der Waals surface area (Å²) in [5, 5.41) is 8.38. The second-order valence-corrected chi connectivity index (χ2v) is 6.84. The molecule has 1 N–H and O–H groups in total. The Morgan fingerprint density at radius 2 is 2.04 bits per heavy atom. The zero-order valence-corrected chi connectivity index (χ0v) is 14.6. The first-order chi connectivity index (χ1) is 11.2. The number of ether oxygens (including phenoxy) is 1. The molecule has 2 aromatic heterocycles. The van der Waals surface area contributed by atoms with Gasteiger partial charge in [0.1, 0.15) is 11.9 Å². The minimum atomic E-state index is -0.0449. The molecule has 0 amide bonds. The fourth-order valence-corrected chi connectivity index (χ4v) is 3.32. The molecule has 0 aromatic carbocycles. The minimum Gasteiger partial charge on any atom is -0.381 e. The standard InChI is InChI=1S/C15H23N5O2S/c1-4-11-16-15(23-20-11)17-12(10-5-7-21-8-6-10)14-18-13(9(2)3)19-22-14/h9-10,12H,4-8H2,1-3H3,(H,16,17,20)/t12-/m0/s1. The van der Waals surface area contributed by atoms with Crippen LogP contribution in [0, 0.1) is 5.92 Å². The van der Waals surface area contributed by atoms with E-state index in [9.17, 15) is 0 Å². The van der Waals surface area contributed by atoms with Crippen molar-refractivity contribution >= 4 is 16.7 Å². The second kappa shape index (κ2) is 7.35. The van der Waals surface area contributed by atoms with Gasteiger partial charge in [0.2, 0.25) is 11.0 Å². The molecule has 2 aromatic rings. The maximum atomic E-state index is 5.54. The molecule has 0 unspecified atom stereocenters. The SMILES string of the molecule is CCc1nsc(N[C@H](c2nc(C(C)C)no2)C2CCOCC2)n1. The van der Waals surface area contributed by atoms with Gasteiger partial charge < -0.3 is 14.6 Å². The predicted molar refractivity (Wildman–Crippen MR) is 87.6 cm³/mol. The van der Waals surface area contributed by atoms with Crippen LogP contribution < -0.4 is 5.32 Å². The molecular formula is C15H23N5O2S. The maximum absolute atomic E-state index is 5.54. The van der Waals surface area contributed by atoms with E-state index >= 15 is 0 Å². The molecule has 126 valence electrons. The highest BCUT2D eigenvalue weighted by atomic mass is 32.1. The Morgan fingerprint density at radius 3 is 2.65 bits per heavy atom. The average Bonchev–Trinajstić information content (AvgIpc) is 3.22. The molecule has 7 nitrogen and oxygen atoms in total. The molecule has 1 aliphatic heterocycles. The van der Waals surface area contributed by atoms with Crippen molar-refractivity contribution in [2.24, 2.45) is 5.92 Å². The van der Waals surface area contributed by atoms with Crippen molar-refractivity contribution in [1.82, 2.24) is 19.5 Å². The zero-order chi connectivity index (χ0) is 16.2. The smallest absolute Gasteiger partial charge is 0.249 e. The number of hydrogen-bond donors (Lipinski definition) is 1. The van der Waals surface area contributed by atoms with E-state index < -0.39 is 0 Å². The summed E-state index contributed by atoms with van der Waals surface area (Å²) in [6.45, 7) is 7.71. The van der Waals surface area contributed by atoms with Crippen LogP contribution in [-0.2, 0) is 11.2 Å². The van der Waals surface area contributed by atoms with Gasteiger partial charge in [0.15, 0.2) is 5.82 Å². The van der Waals surface area contributed by atoms with Crippen LogP contribution in [0.3, 0.4) is 0 Å². The van der Waals surface area contributed by atoms with Crippen LogP contribution in [0.1, 0.15) is 63.1 Å². The maximum Gasteiger partial charge on any atom is 0.249 e. The van der Waals surface area contributed by atoms with E-state index in [1.54, 1.807) is 0 Å². The van der Waals surface area contributed by atoms with Crippen molar-refractivity contribution < 1.29 is 9.26 Å². The summed E-state index contributed by atoms with van der Waals surface area (Å²) in [6, 6.07) is -0.0449. The summed E-state index contributed by atoms with van der Waals surface area (Å²) in [6.07, 6.45) is 2.77. The van der Waals surface area contributed by atoms with Gasteiger partial charge in [0, 0.05) is 37.1 Å². The zero-order valence-electron chi connectivity index (χ0n) is 13.8. The summed E-state index contributed by atoms with van der Waals surface area (Å²) in [5.74, 6) is 2.87. The fourth-order valence-electron chi connectivity index (χ4n) is 2.63. The van der Waals surface area contributed by atoms with Gasteiger partial charge in [-0.3, -0.25) is 0 Å². The highest BCUT2D eigenvalue weighted by Crippen LogP contribution is 2.33. The number of nitrogens with one attached hydrogen (secondary N) is 1. The monoisotopic (exact) mass is 337 g/mol. The van der Waals surface area contributed by atoms with Crippen LogP contribution in [0.25, 0.3) is 0 Å². The Hall–Kier alpha value is -1.54. The largest absolute Gasteiger partial charge is 0.381 e. The van der Waals surface area contributed by atoms with E-state index in [0.29, 0.717) is 11.8 Å². The van der Waals surface area contributed by atoms with Crippen molar-refractivity contribution in [3.05, 3.63) is 17.5 Å². The number of anilines is 1. The third kappa shape index (κ3) is 3.87. The molecule has 1 atom stereocenters. The van der Waals surface area contributed by atoms with Crippen LogP contribution in [0.4, 0.5) is 5.13 Å². The number of hydrogen-bond acceptors (Lipinski definition) is 8. The quantitative estimate of drug-likeness (QED) is 0.866. The Balaban J connectivity index is 1.82. The number of aryl methyl sites for hydroxylation is 1. The molecule has 3 heterocycles. The topological polar surface area (TPSA) is 86.0 Å². The summed E-state index contributed by atoms with van der Waals surface area (Å²) < 4.78 is 15.4. The van der Waals surface area contributed by atoms with Crippen LogP contribution in [0.2, 0.25) is 0 Å². The highest BCUT2D eigenvalue weighted by Gasteiger charge is 2.31. The fraction of sp³-hybridized carbons (Fsp3) is 0.733. The normalized spacial score (nSPS) is 17.6. The second-order valence-electron chi connectivity index (χ2n) is 6.09. The number of nitrogens with zero attached hydrogens (tertiary/aromatic N) is 4. The van der Waals surface area contributed by atoms with Crippen molar-refractivity contribution in [2.45, 2.75) is 52.0 Å². The number of rotatable bonds is 6. The molecule has 0 aliphatic carbocycles. The molecule has 1 aliphatic rings. The van der Waals surface area contributed by atoms with Crippen LogP contribution >= 0.6 is 11.5 Å². The van der Waals surface area contributed by atoms with E-state index in [-0.39, 0.29) is 12.0 Å². The third-order valence-electron chi connectivity index (χ3n) is 4.04. The van der Waals surface area contributed by atoms with Gasteiger partial charge in [-0.05, 0) is 18.8 Å². The third-order valence-corrected chi connectivity index (χ3v) is 4.72. The van der Waals surface area contributed by atoms with E-state index in [0.717, 1.165) is 49.3 Å². The lowest BCUT2D eigenvalue weighted by atomic mass is 9.91. The summed E-state index contributed by atoms with van der Waals surface area (Å²) >= 11 is 1.38. The lowest BCUT2D eigenvalue weighted by Crippen LogP contribution is -2.27. The molecular weight excluding hydrogens is 314 g/mol. The molecule has 0 saturated carbocycles. The van der Waals surface area contributed by atoms with Crippen LogP contribution in [-0.4, -0.2) is 32.7 Å². The first-order valence-electron chi connectivity index (χ1n) is 8.17. The van der Waals surface area contributed by atoms with Crippen molar-refractivity contribution in [3.63, 3.8) is 0 Å². The molecule has 1 fully saturated rings. The van der Waals surface area contributed by atoms with Gasteiger partial charge in [-0.15, -0.1) is 0 Å². The van der Waals surface area contributed by atoms with E-state index in [1.807, 2.05) is 0 Å². The van der Waals surface area contributed by atoms with Gasteiger partial charge in [-0.1, -0.05) is 25.9 Å². The Morgan fingerprint density at radius 1 is 1.26 bits per heavy atom. The minimum absolute atomic E-state index is 0.0449. The van der Waals surface area contributed by atoms with E-state index in [1.165, 1.54) is 11.5 Å². The van der Waals surface area contributed by atoms with Crippen molar-refractivity contribution in [3.8, 4) is 0 Å². The average molecular weight is 337 g/mol. The summed E-state index contributed by atoms with van der Waals surface area (Å²) in [4.78, 5) is 9.09. The molecule has 3 rings (SSSR count). The van der Waals surface area contributed by atoms with Crippen molar-refractivity contribution in [1.29, 1.82) is 0 Å². The van der Waals surface area contributed by atoms with Crippen molar-refractivity contribution in [2.75, 3.05) is 18.5 Å². The first-order valence-corrected chi connectivity index (χ1v) is 8.95. The molecule has 0 bridgehead atoms. The first kappa shape index (κ1) is 16.3. The molecule has 0 radical (unpaired) electrons. The molecule has 1 saturated heterocycles. The molecule has 0 spiro atoms. The Bertz CT molecular complexity index is 621. The number of aromatic nitrogens is 4. The van der Waals surface area contributed by atoms with Gasteiger partial charge in [0.05, 0.1) is 0 Å². The van der Waals surface area contributed by atoms with Gasteiger partial charge in [0.25, 0.3) is 0 Å². The molecule has 23 heavy (non-hydrogen) atoms.